The van der Waals surface area contributed by atoms with Gasteiger partial charge >= 0.3 is 5.97 Å². The van der Waals surface area contributed by atoms with Gasteiger partial charge in [0.15, 0.2) is 0 Å². The lowest BCUT2D eigenvalue weighted by atomic mass is 9.69. The maximum absolute atomic E-state index is 12.6. The largest absolute Gasteiger partial charge is 0.481 e. The highest BCUT2D eigenvalue weighted by atomic mass is 16.4. The lowest BCUT2D eigenvalue weighted by molar-refractivity contribution is -0.143. The number of carboxylic acids is 1. The van der Waals surface area contributed by atoms with Gasteiger partial charge in [0, 0.05) is 18.5 Å². The Morgan fingerprint density at radius 3 is 2.10 bits per heavy atom. The molecule has 0 heterocycles. The van der Waals surface area contributed by atoms with Crippen LogP contribution >= 0.6 is 0 Å². The zero-order chi connectivity index (χ0) is 16.2. The lowest BCUT2D eigenvalue weighted by Crippen LogP contribution is -2.44. The number of amides is 1. The van der Waals surface area contributed by atoms with Crippen LogP contribution in [0.5, 0.6) is 0 Å². The van der Waals surface area contributed by atoms with Crippen molar-refractivity contribution in [1.82, 2.24) is 4.90 Å². The second kappa shape index (κ2) is 7.28. The van der Waals surface area contributed by atoms with E-state index in [-0.39, 0.29) is 24.3 Å². The topological polar surface area (TPSA) is 57.6 Å². The molecule has 4 nitrogen and oxygen atoms in total. The summed E-state index contributed by atoms with van der Waals surface area (Å²) in [6, 6.07) is -0.222. The molecule has 0 radical (unpaired) electrons. The molecular weight excluding hydrogens is 266 g/mol. The third-order valence-corrected chi connectivity index (χ3v) is 4.93. The first-order chi connectivity index (χ1) is 9.66. The first-order valence-corrected chi connectivity index (χ1v) is 8.19. The summed E-state index contributed by atoms with van der Waals surface area (Å²) in [5.74, 6) is 0.0802. The summed E-state index contributed by atoms with van der Waals surface area (Å²) in [6.07, 6.45) is 4.11. The summed E-state index contributed by atoms with van der Waals surface area (Å²) in [7, 11) is 0. The number of hydrogen-bond donors (Lipinski definition) is 1. The highest BCUT2D eigenvalue weighted by Crippen LogP contribution is 2.40. The van der Waals surface area contributed by atoms with Crippen LogP contribution in [-0.4, -0.2) is 34.5 Å². The molecule has 0 bridgehead atoms. The molecule has 0 saturated heterocycles. The molecular formula is C17H31NO3. The molecule has 0 spiro atoms. The summed E-state index contributed by atoms with van der Waals surface area (Å²) >= 11 is 0. The Labute approximate surface area is 128 Å². The van der Waals surface area contributed by atoms with Gasteiger partial charge in [0.2, 0.25) is 5.91 Å². The SMILES string of the molecule is CCN(C(=O)C1CCC(C(C)(C)C)CC1)C(C)CC(=O)O. The fraction of sp³-hybridized carbons (Fsp3) is 0.882. The normalized spacial score (nSPS) is 24.4. The molecule has 0 aromatic heterocycles. The Bertz CT molecular complexity index is 365. The van der Waals surface area contributed by atoms with E-state index in [1.165, 1.54) is 0 Å². The number of rotatable bonds is 5. The van der Waals surface area contributed by atoms with Crippen LogP contribution in [0.15, 0.2) is 0 Å². The van der Waals surface area contributed by atoms with Gasteiger partial charge in [-0.05, 0) is 50.9 Å². The number of carbonyl (C=O) groups excluding carboxylic acids is 1. The van der Waals surface area contributed by atoms with E-state index < -0.39 is 5.97 Å². The Morgan fingerprint density at radius 1 is 1.19 bits per heavy atom. The molecule has 1 saturated carbocycles. The van der Waals surface area contributed by atoms with E-state index in [9.17, 15) is 9.59 Å². The van der Waals surface area contributed by atoms with Crippen molar-refractivity contribution in [2.75, 3.05) is 6.54 Å². The highest BCUT2D eigenvalue weighted by Gasteiger charge is 2.34. The summed E-state index contributed by atoms with van der Waals surface area (Å²) in [5.41, 5.74) is 0.315. The Balaban J connectivity index is 2.61. The minimum absolute atomic E-state index is 0.0247. The van der Waals surface area contributed by atoms with Crippen LogP contribution in [0.25, 0.3) is 0 Å². The van der Waals surface area contributed by atoms with Gasteiger partial charge in [-0.2, -0.15) is 0 Å². The summed E-state index contributed by atoms with van der Waals surface area (Å²) in [6.45, 7) is 11.2. The van der Waals surface area contributed by atoms with Crippen molar-refractivity contribution in [2.45, 2.75) is 72.8 Å². The molecule has 0 aromatic rings. The third-order valence-electron chi connectivity index (χ3n) is 4.93. The van der Waals surface area contributed by atoms with E-state index in [0.29, 0.717) is 17.9 Å². The van der Waals surface area contributed by atoms with E-state index in [1.54, 1.807) is 4.90 Å². The number of nitrogens with zero attached hydrogens (tertiary/aromatic N) is 1. The molecule has 21 heavy (non-hydrogen) atoms. The summed E-state index contributed by atoms with van der Waals surface area (Å²) in [4.78, 5) is 25.2. The smallest absolute Gasteiger partial charge is 0.305 e. The quantitative estimate of drug-likeness (QED) is 0.844. The molecule has 122 valence electrons. The molecule has 1 unspecified atom stereocenters. The van der Waals surface area contributed by atoms with Crippen LogP contribution in [0, 0.1) is 17.3 Å². The number of carboxylic acid groups (broad SMARTS) is 1. The van der Waals surface area contributed by atoms with Gasteiger partial charge in [-0.1, -0.05) is 20.8 Å². The molecule has 0 aromatic carbocycles. The molecule has 1 aliphatic rings. The molecule has 0 aliphatic heterocycles. The minimum atomic E-state index is -0.842. The second-order valence-corrected chi connectivity index (χ2v) is 7.49. The maximum atomic E-state index is 12.6. The fourth-order valence-electron chi connectivity index (χ4n) is 3.49. The predicted octanol–water partition coefficient (Wildman–Crippen LogP) is 3.55. The van der Waals surface area contributed by atoms with Gasteiger partial charge in [0.1, 0.15) is 0 Å². The van der Waals surface area contributed by atoms with Crippen LogP contribution in [0.4, 0.5) is 0 Å². The zero-order valence-electron chi connectivity index (χ0n) is 14.2. The van der Waals surface area contributed by atoms with Gasteiger partial charge in [-0.15, -0.1) is 0 Å². The average Bonchev–Trinajstić information content (AvgIpc) is 2.37. The van der Waals surface area contributed by atoms with Crippen LogP contribution in [-0.2, 0) is 9.59 Å². The first-order valence-electron chi connectivity index (χ1n) is 8.19. The average molecular weight is 297 g/mol. The van der Waals surface area contributed by atoms with Crippen LogP contribution in [0.2, 0.25) is 0 Å². The molecule has 1 fully saturated rings. The molecule has 4 heteroatoms. The summed E-state index contributed by atoms with van der Waals surface area (Å²) < 4.78 is 0. The number of carbonyl (C=O) groups is 2. The van der Waals surface area contributed by atoms with E-state index in [2.05, 4.69) is 20.8 Å². The van der Waals surface area contributed by atoms with E-state index in [4.69, 9.17) is 5.11 Å². The Hall–Kier alpha value is -1.06. The van der Waals surface area contributed by atoms with Crippen molar-refractivity contribution in [3.63, 3.8) is 0 Å². The Morgan fingerprint density at radius 2 is 1.71 bits per heavy atom. The molecule has 1 amide bonds. The third kappa shape index (κ3) is 5.01. The first kappa shape index (κ1) is 18.0. The predicted molar refractivity (Wildman–Crippen MR) is 84.0 cm³/mol. The molecule has 1 aliphatic carbocycles. The van der Waals surface area contributed by atoms with Gasteiger partial charge in [-0.3, -0.25) is 9.59 Å². The van der Waals surface area contributed by atoms with Crippen molar-refractivity contribution in [2.24, 2.45) is 17.3 Å². The maximum Gasteiger partial charge on any atom is 0.305 e. The van der Waals surface area contributed by atoms with Crippen molar-refractivity contribution in [3.05, 3.63) is 0 Å². The van der Waals surface area contributed by atoms with Crippen molar-refractivity contribution < 1.29 is 14.7 Å². The number of hydrogen-bond acceptors (Lipinski definition) is 2. The molecule has 1 rings (SSSR count). The number of aliphatic carboxylic acids is 1. The molecule has 1 N–H and O–H groups in total. The molecule has 1 atom stereocenters. The standard InChI is InChI=1S/C17H31NO3/c1-6-18(12(2)11-15(19)20)16(21)13-7-9-14(10-8-13)17(3,4)5/h12-14H,6-11H2,1-5H3,(H,19,20). The minimum Gasteiger partial charge on any atom is -0.481 e. The Kier molecular flexibility index (Phi) is 6.24. The van der Waals surface area contributed by atoms with Gasteiger partial charge < -0.3 is 10.0 Å². The van der Waals surface area contributed by atoms with E-state index in [1.807, 2.05) is 13.8 Å². The van der Waals surface area contributed by atoms with Crippen LogP contribution in [0.1, 0.15) is 66.7 Å². The van der Waals surface area contributed by atoms with Crippen LogP contribution in [0.3, 0.4) is 0 Å². The van der Waals surface area contributed by atoms with Gasteiger partial charge in [0.25, 0.3) is 0 Å². The van der Waals surface area contributed by atoms with E-state index >= 15 is 0 Å². The zero-order valence-corrected chi connectivity index (χ0v) is 14.2. The van der Waals surface area contributed by atoms with Crippen molar-refractivity contribution >= 4 is 11.9 Å². The fourth-order valence-corrected chi connectivity index (χ4v) is 3.49. The monoisotopic (exact) mass is 297 g/mol. The second-order valence-electron chi connectivity index (χ2n) is 7.49. The van der Waals surface area contributed by atoms with Crippen molar-refractivity contribution in [3.8, 4) is 0 Å². The van der Waals surface area contributed by atoms with E-state index in [0.717, 1.165) is 25.7 Å². The van der Waals surface area contributed by atoms with Crippen LogP contribution < -0.4 is 0 Å². The highest BCUT2D eigenvalue weighted by molar-refractivity contribution is 5.80. The van der Waals surface area contributed by atoms with Crippen molar-refractivity contribution in [1.29, 1.82) is 0 Å². The van der Waals surface area contributed by atoms with Gasteiger partial charge in [0.05, 0.1) is 6.42 Å². The summed E-state index contributed by atoms with van der Waals surface area (Å²) in [5, 5.41) is 8.91. The lowest BCUT2D eigenvalue weighted by Gasteiger charge is -2.38. The van der Waals surface area contributed by atoms with Gasteiger partial charge in [-0.25, -0.2) is 0 Å².